The maximum absolute atomic E-state index is 12.4. The predicted octanol–water partition coefficient (Wildman–Crippen LogP) is 2.55. The molecule has 7 heteroatoms. The summed E-state index contributed by atoms with van der Waals surface area (Å²) >= 11 is 0. The summed E-state index contributed by atoms with van der Waals surface area (Å²) in [7, 11) is 0. The molecule has 0 aliphatic carbocycles. The van der Waals surface area contributed by atoms with Crippen LogP contribution in [0.15, 0.2) is 36.5 Å². The van der Waals surface area contributed by atoms with E-state index in [-0.39, 0.29) is 29.4 Å². The molecule has 1 aromatic heterocycles. The van der Waals surface area contributed by atoms with Gasteiger partial charge in [-0.2, -0.15) is 5.26 Å². The van der Waals surface area contributed by atoms with Crippen LogP contribution in [-0.4, -0.2) is 34.1 Å². The smallest absolute Gasteiger partial charge is 0.243 e. The van der Waals surface area contributed by atoms with Gasteiger partial charge in [0.1, 0.15) is 17.6 Å². The molecule has 7 nitrogen and oxygen atoms in total. The maximum atomic E-state index is 12.4. The van der Waals surface area contributed by atoms with Gasteiger partial charge in [-0.15, -0.1) is 0 Å². The average Bonchev–Trinajstić information content (AvgIpc) is 2.55. The van der Waals surface area contributed by atoms with Gasteiger partial charge in [-0.3, -0.25) is 4.79 Å². The largest absolute Gasteiger partial charge is 0.508 e. The Kier molecular flexibility index (Phi) is 5.55. The number of phenolic OH excluding ortho intramolecular Hbond substituents is 1. The van der Waals surface area contributed by atoms with E-state index in [1.807, 2.05) is 11.0 Å². The first-order valence-electron chi connectivity index (χ1n) is 7.84. The highest BCUT2D eigenvalue weighted by Gasteiger charge is 2.21. The lowest BCUT2D eigenvalue weighted by Gasteiger charge is -2.30. The van der Waals surface area contributed by atoms with Crippen molar-refractivity contribution in [3.63, 3.8) is 0 Å². The van der Waals surface area contributed by atoms with E-state index in [2.05, 4.69) is 36.1 Å². The van der Waals surface area contributed by atoms with Crippen molar-refractivity contribution in [1.82, 2.24) is 9.97 Å². The zero-order chi connectivity index (χ0) is 18.4. The SMILES string of the molecule is CC(C)(C)CN(CC(=O)Nc1ccc(O)cc1)c1ccnc(C#N)n1. The zero-order valence-electron chi connectivity index (χ0n) is 14.5. The van der Waals surface area contributed by atoms with Crippen LogP contribution in [0.3, 0.4) is 0 Å². The average molecular weight is 339 g/mol. The molecule has 0 bridgehead atoms. The second kappa shape index (κ2) is 7.62. The molecule has 25 heavy (non-hydrogen) atoms. The number of nitrogens with one attached hydrogen (secondary N) is 1. The number of benzene rings is 1. The van der Waals surface area contributed by atoms with Crippen LogP contribution in [0.2, 0.25) is 0 Å². The zero-order valence-corrected chi connectivity index (χ0v) is 14.5. The molecule has 0 fully saturated rings. The Balaban J connectivity index is 2.16. The summed E-state index contributed by atoms with van der Waals surface area (Å²) < 4.78 is 0. The summed E-state index contributed by atoms with van der Waals surface area (Å²) in [5.41, 5.74) is 0.523. The fourth-order valence-corrected chi connectivity index (χ4v) is 2.29. The van der Waals surface area contributed by atoms with E-state index in [1.54, 1.807) is 18.2 Å². The molecule has 1 aromatic carbocycles. The first-order chi connectivity index (χ1) is 11.8. The Labute approximate surface area is 147 Å². The normalized spacial score (nSPS) is 10.8. The van der Waals surface area contributed by atoms with Crippen molar-refractivity contribution in [3.8, 4) is 11.8 Å². The minimum Gasteiger partial charge on any atom is -0.508 e. The third-order valence-electron chi connectivity index (χ3n) is 3.22. The number of aromatic nitrogens is 2. The molecular weight excluding hydrogens is 318 g/mol. The third kappa shape index (κ3) is 5.77. The quantitative estimate of drug-likeness (QED) is 0.812. The van der Waals surface area contributed by atoms with Gasteiger partial charge in [0.25, 0.3) is 0 Å². The lowest BCUT2D eigenvalue weighted by atomic mass is 9.96. The van der Waals surface area contributed by atoms with Gasteiger partial charge in [0.2, 0.25) is 11.7 Å². The van der Waals surface area contributed by atoms with Crippen LogP contribution >= 0.6 is 0 Å². The summed E-state index contributed by atoms with van der Waals surface area (Å²) in [6.07, 6.45) is 1.51. The second-order valence-corrected chi connectivity index (χ2v) is 6.86. The number of nitriles is 1. The Morgan fingerprint density at radius 3 is 2.56 bits per heavy atom. The first kappa shape index (κ1) is 18.2. The molecule has 2 N–H and O–H groups in total. The van der Waals surface area contributed by atoms with Gasteiger partial charge in [0, 0.05) is 18.4 Å². The van der Waals surface area contributed by atoms with Gasteiger partial charge < -0.3 is 15.3 Å². The highest BCUT2D eigenvalue weighted by molar-refractivity contribution is 5.94. The number of aromatic hydroxyl groups is 1. The molecule has 2 rings (SSSR count). The van der Waals surface area contributed by atoms with Gasteiger partial charge in [-0.1, -0.05) is 20.8 Å². The van der Waals surface area contributed by atoms with E-state index in [1.165, 1.54) is 18.3 Å². The number of anilines is 2. The monoisotopic (exact) mass is 339 g/mol. The molecular formula is C18H21N5O2. The number of carbonyl (C=O) groups is 1. The molecule has 0 atom stereocenters. The lowest BCUT2D eigenvalue weighted by molar-refractivity contribution is -0.115. The number of rotatable bonds is 5. The number of phenols is 1. The summed E-state index contributed by atoms with van der Waals surface area (Å²) in [6.45, 7) is 6.84. The number of hydrogen-bond acceptors (Lipinski definition) is 6. The summed E-state index contributed by atoms with van der Waals surface area (Å²) in [5.74, 6) is 0.516. The van der Waals surface area contributed by atoms with Crippen LogP contribution in [0.4, 0.5) is 11.5 Å². The summed E-state index contributed by atoms with van der Waals surface area (Å²) in [5, 5.41) is 21.1. The topological polar surface area (TPSA) is 102 Å². The van der Waals surface area contributed by atoms with E-state index in [4.69, 9.17) is 5.26 Å². The van der Waals surface area contributed by atoms with E-state index >= 15 is 0 Å². The molecule has 0 radical (unpaired) electrons. The van der Waals surface area contributed by atoms with E-state index < -0.39 is 0 Å². The minimum absolute atomic E-state index is 0.0651. The predicted molar refractivity (Wildman–Crippen MR) is 95.2 cm³/mol. The Morgan fingerprint density at radius 1 is 1.28 bits per heavy atom. The van der Waals surface area contributed by atoms with Crippen molar-refractivity contribution >= 4 is 17.4 Å². The van der Waals surface area contributed by atoms with Crippen molar-refractivity contribution in [3.05, 3.63) is 42.4 Å². The van der Waals surface area contributed by atoms with Gasteiger partial charge in [0.05, 0.1) is 6.54 Å². The third-order valence-corrected chi connectivity index (χ3v) is 3.22. The van der Waals surface area contributed by atoms with Crippen molar-refractivity contribution in [2.75, 3.05) is 23.3 Å². The number of amides is 1. The molecule has 0 unspecified atom stereocenters. The highest BCUT2D eigenvalue weighted by Crippen LogP contribution is 2.20. The van der Waals surface area contributed by atoms with Crippen LogP contribution in [0.5, 0.6) is 5.75 Å². The van der Waals surface area contributed by atoms with Gasteiger partial charge in [0.15, 0.2) is 0 Å². The molecule has 0 saturated heterocycles. The number of nitrogens with zero attached hydrogens (tertiary/aromatic N) is 4. The highest BCUT2D eigenvalue weighted by atomic mass is 16.3. The van der Waals surface area contributed by atoms with Crippen LogP contribution in [0, 0.1) is 16.7 Å². The molecule has 1 amide bonds. The standard InChI is InChI=1S/C18H21N5O2/c1-18(2,3)12-23(16-8-9-20-15(10-19)22-16)11-17(25)21-13-4-6-14(24)7-5-13/h4-9,24H,11-12H2,1-3H3,(H,21,25). The van der Waals surface area contributed by atoms with Crippen molar-refractivity contribution < 1.29 is 9.90 Å². The Hall–Kier alpha value is -3.14. The molecule has 0 spiro atoms. The van der Waals surface area contributed by atoms with Gasteiger partial charge in [-0.05, 0) is 35.7 Å². The fourth-order valence-electron chi connectivity index (χ4n) is 2.29. The summed E-state index contributed by atoms with van der Waals surface area (Å²) in [4.78, 5) is 22.3. The van der Waals surface area contributed by atoms with E-state index in [9.17, 15) is 9.90 Å². The van der Waals surface area contributed by atoms with Crippen LogP contribution in [0.1, 0.15) is 26.6 Å². The molecule has 1 heterocycles. The summed E-state index contributed by atoms with van der Waals surface area (Å²) in [6, 6.07) is 9.85. The Morgan fingerprint density at radius 2 is 1.96 bits per heavy atom. The molecule has 0 saturated carbocycles. The molecule has 0 aliphatic heterocycles. The van der Waals surface area contributed by atoms with Crippen molar-refractivity contribution in [2.24, 2.45) is 5.41 Å². The molecule has 2 aromatic rings. The van der Waals surface area contributed by atoms with Crippen molar-refractivity contribution in [1.29, 1.82) is 5.26 Å². The number of carbonyl (C=O) groups excluding carboxylic acids is 1. The van der Waals surface area contributed by atoms with Crippen molar-refractivity contribution in [2.45, 2.75) is 20.8 Å². The fraction of sp³-hybridized carbons (Fsp3) is 0.333. The van der Waals surface area contributed by atoms with Gasteiger partial charge in [-0.25, -0.2) is 9.97 Å². The van der Waals surface area contributed by atoms with E-state index in [0.29, 0.717) is 18.1 Å². The van der Waals surface area contributed by atoms with Gasteiger partial charge >= 0.3 is 0 Å². The van der Waals surface area contributed by atoms with Crippen LogP contribution in [0.25, 0.3) is 0 Å². The Bertz CT molecular complexity index is 775. The van der Waals surface area contributed by atoms with Crippen LogP contribution < -0.4 is 10.2 Å². The first-order valence-corrected chi connectivity index (χ1v) is 7.84. The second-order valence-electron chi connectivity index (χ2n) is 6.86. The van der Waals surface area contributed by atoms with E-state index in [0.717, 1.165) is 0 Å². The number of hydrogen-bond donors (Lipinski definition) is 2. The lowest BCUT2D eigenvalue weighted by Crippen LogP contribution is -2.39. The maximum Gasteiger partial charge on any atom is 0.243 e. The minimum atomic E-state index is -0.216. The molecule has 0 aliphatic rings. The molecule has 130 valence electrons. The van der Waals surface area contributed by atoms with Crippen LogP contribution in [-0.2, 0) is 4.79 Å².